The first-order valence-electron chi connectivity index (χ1n) is 7.44. The van der Waals surface area contributed by atoms with Gasteiger partial charge in [0, 0.05) is 23.5 Å². The summed E-state index contributed by atoms with van der Waals surface area (Å²) in [6.45, 7) is 3.88. The quantitative estimate of drug-likeness (QED) is 0.657. The molecule has 0 saturated carbocycles. The summed E-state index contributed by atoms with van der Waals surface area (Å²) in [5.41, 5.74) is 8.19. The van der Waals surface area contributed by atoms with Crippen molar-refractivity contribution in [3.63, 3.8) is 0 Å². The maximum atomic E-state index is 13.5. The van der Waals surface area contributed by atoms with E-state index in [1.54, 1.807) is 13.2 Å². The normalized spacial score (nSPS) is 11.6. The number of thioether (sulfide) groups is 1. The van der Waals surface area contributed by atoms with Gasteiger partial charge >= 0.3 is 0 Å². The van der Waals surface area contributed by atoms with Crippen molar-refractivity contribution in [2.75, 3.05) is 6.26 Å². The van der Waals surface area contributed by atoms with Gasteiger partial charge in [-0.2, -0.15) is 5.10 Å². The third-order valence-corrected chi connectivity index (χ3v) is 6.62. The average molecular weight is 417 g/mol. The van der Waals surface area contributed by atoms with Crippen molar-refractivity contribution >= 4 is 39.7 Å². The van der Waals surface area contributed by atoms with Crippen LogP contribution in [0, 0.1) is 19.7 Å². The van der Waals surface area contributed by atoms with Crippen LogP contribution in [0.5, 0.6) is 0 Å². The zero-order chi connectivity index (χ0) is 18.4. The van der Waals surface area contributed by atoms with Crippen molar-refractivity contribution in [2.24, 2.45) is 5.73 Å². The molecular formula is C16H18ClFN4O2S2. The molecule has 2 heterocycles. The molecule has 2 N–H and O–H groups in total. The Bertz CT molecular complexity index is 1080. The summed E-state index contributed by atoms with van der Waals surface area (Å²) in [6.07, 6.45) is 1.73. The molecule has 0 radical (unpaired) electrons. The number of benzene rings is 1. The molecule has 3 rings (SSSR count). The summed E-state index contributed by atoms with van der Waals surface area (Å²) in [5, 5.41) is 4.70. The number of aromatic nitrogens is 3. The van der Waals surface area contributed by atoms with E-state index in [0.717, 1.165) is 17.3 Å². The van der Waals surface area contributed by atoms with Gasteiger partial charge in [0.2, 0.25) is 9.84 Å². The summed E-state index contributed by atoms with van der Waals surface area (Å²) >= 11 is 1.20. The van der Waals surface area contributed by atoms with E-state index in [9.17, 15) is 12.8 Å². The lowest BCUT2D eigenvalue weighted by Crippen LogP contribution is -2.10. The molecule has 26 heavy (non-hydrogen) atoms. The molecule has 2 aromatic heterocycles. The molecule has 0 amide bonds. The smallest absolute Gasteiger partial charge is 0.213 e. The van der Waals surface area contributed by atoms with Gasteiger partial charge in [-0.1, -0.05) is 6.07 Å². The molecule has 6 nitrogen and oxygen atoms in total. The molecule has 3 aromatic rings. The highest BCUT2D eigenvalue weighted by Gasteiger charge is 2.30. The number of hydrogen-bond donors (Lipinski definition) is 1. The SMILES string of the molecule is CSc1nn2c(C)c(CN)c(C)nc2c1S(=O)(=O)c1cccc(F)c1.Cl. The van der Waals surface area contributed by atoms with Crippen molar-refractivity contribution < 1.29 is 12.8 Å². The maximum Gasteiger partial charge on any atom is 0.213 e. The minimum absolute atomic E-state index is 0. The Balaban J connectivity index is 0.00000243. The Labute approximate surface area is 161 Å². The third-order valence-electron chi connectivity index (χ3n) is 4.03. The highest BCUT2D eigenvalue weighted by molar-refractivity contribution is 7.99. The molecule has 0 saturated heterocycles. The van der Waals surface area contributed by atoms with Gasteiger partial charge in [0.25, 0.3) is 0 Å². The van der Waals surface area contributed by atoms with Crippen LogP contribution in [0.1, 0.15) is 17.0 Å². The molecule has 1 aromatic carbocycles. The van der Waals surface area contributed by atoms with Gasteiger partial charge in [0.15, 0.2) is 10.5 Å². The molecule has 0 aliphatic rings. The molecule has 0 aliphatic carbocycles. The van der Waals surface area contributed by atoms with Gasteiger partial charge in [0.1, 0.15) is 10.8 Å². The number of rotatable bonds is 4. The second kappa shape index (κ2) is 7.51. The average Bonchev–Trinajstić information content (AvgIpc) is 2.94. The van der Waals surface area contributed by atoms with Gasteiger partial charge < -0.3 is 5.73 Å². The zero-order valence-electron chi connectivity index (χ0n) is 14.4. The largest absolute Gasteiger partial charge is 0.326 e. The first kappa shape index (κ1) is 20.6. The molecule has 0 aliphatic heterocycles. The Morgan fingerprint density at radius 2 is 2.00 bits per heavy atom. The topological polar surface area (TPSA) is 90.3 Å². The van der Waals surface area contributed by atoms with Crippen LogP contribution in [0.4, 0.5) is 4.39 Å². The fraction of sp³-hybridized carbons (Fsp3) is 0.250. The van der Waals surface area contributed by atoms with Crippen LogP contribution in [0.15, 0.2) is 39.1 Å². The Hall–Kier alpha value is -1.68. The van der Waals surface area contributed by atoms with E-state index >= 15 is 0 Å². The predicted octanol–water partition coefficient (Wildman–Crippen LogP) is 2.92. The summed E-state index contributed by atoms with van der Waals surface area (Å²) in [6, 6.07) is 4.92. The number of aryl methyl sites for hydroxylation is 2. The minimum atomic E-state index is -3.98. The summed E-state index contributed by atoms with van der Waals surface area (Å²) in [7, 11) is -3.98. The van der Waals surface area contributed by atoms with Crippen molar-refractivity contribution in [3.8, 4) is 0 Å². The maximum absolute atomic E-state index is 13.5. The fourth-order valence-electron chi connectivity index (χ4n) is 2.74. The van der Waals surface area contributed by atoms with E-state index in [-0.39, 0.29) is 34.4 Å². The van der Waals surface area contributed by atoms with E-state index in [4.69, 9.17) is 5.73 Å². The molecule has 0 atom stereocenters. The second-order valence-corrected chi connectivity index (χ2v) is 8.18. The molecule has 140 valence electrons. The van der Waals surface area contributed by atoms with Crippen molar-refractivity contribution in [3.05, 3.63) is 47.0 Å². The van der Waals surface area contributed by atoms with Gasteiger partial charge in [-0.3, -0.25) is 0 Å². The van der Waals surface area contributed by atoms with E-state index in [1.807, 2.05) is 6.92 Å². The Morgan fingerprint density at radius 1 is 1.31 bits per heavy atom. The first-order valence-corrected chi connectivity index (χ1v) is 10.2. The van der Waals surface area contributed by atoms with Crippen LogP contribution in [-0.4, -0.2) is 29.3 Å². The minimum Gasteiger partial charge on any atom is -0.326 e. The Morgan fingerprint density at radius 3 is 2.58 bits per heavy atom. The standard InChI is InChI=1S/C16H17FN4O2S2.ClH/c1-9-13(8-18)10(2)21-15(19-9)14(16(20-21)24-3)25(22,23)12-6-4-5-11(17)7-12;/h4-7H,8,18H2,1-3H3;1H. The highest BCUT2D eigenvalue weighted by atomic mass is 35.5. The van der Waals surface area contributed by atoms with Crippen LogP contribution in [0.3, 0.4) is 0 Å². The van der Waals surface area contributed by atoms with Gasteiger partial charge in [-0.15, -0.1) is 24.2 Å². The highest BCUT2D eigenvalue weighted by Crippen LogP contribution is 2.33. The number of sulfone groups is 1. The fourth-order valence-corrected chi connectivity index (χ4v) is 5.16. The van der Waals surface area contributed by atoms with Gasteiger partial charge in [0.05, 0.1) is 4.90 Å². The molecular weight excluding hydrogens is 399 g/mol. The van der Waals surface area contributed by atoms with Crippen molar-refractivity contribution in [1.82, 2.24) is 14.6 Å². The lowest BCUT2D eigenvalue weighted by atomic mass is 10.2. The summed E-state index contributed by atoms with van der Waals surface area (Å²) in [5.74, 6) is -0.617. The van der Waals surface area contributed by atoms with E-state index < -0.39 is 15.7 Å². The third kappa shape index (κ3) is 3.20. The molecule has 0 unspecified atom stereocenters. The lowest BCUT2D eigenvalue weighted by molar-refractivity contribution is 0.589. The zero-order valence-corrected chi connectivity index (χ0v) is 16.8. The number of halogens is 2. The van der Waals surface area contributed by atoms with Crippen LogP contribution in [0.2, 0.25) is 0 Å². The number of hydrogen-bond acceptors (Lipinski definition) is 6. The first-order chi connectivity index (χ1) is 11.8. The number of fused-ring (bicyclic) bond motifs is 1. The monoisotopic (exact) mass is 416 g/mol. The molecule has 0 spiro atoms. The summed E-state index contributed by atoms with van der Waals surface area (Å²) < 4.78 is 41.3. The van der Waals surface area contributed by atoms with E-state index in [2.05, 4.69) is 10.1 Å². The van der Waals surface area contributed by atoms with E-state index in [0.29, 0.717) is 10.7 Å². The second-order valence-electron chi connectivity index (χ2n) is 5.50. The number of nitrogens with zero attached hydrogens (tertiary/aromatic N) is 3. The van der Waals surface area contributed by atoms with Gasteiger partial charge in [-0.05, 0) is 38.3 Å². The van der Waals surface area contributed by atoms with Crippen molar-refractivity contribution in [1.29, 1.82) is 0 Å². The van der Waals surface area contributed by atoms with Crippen LogP contribution >= 0.6 is 24.2 Å². The van der Waals surface area contributed by atoms with Crippen LogP contribution < -0.4 is 5.73 Å². The van der Waals surface area contributed by atoms with Crippen LogP contribution in [0.25, 0.3) is 5.65 Å². The Kier molecular flexibility index (Phi) is 5.96. The van der Waals surface area contributed by atoms with Crippen molar-refractivity contribution in [2.45, 2.75) is 35.2 Å². The molecule has 0 bridgehead atoms. The van der Waals surface area contributed by atoms with Crippen LogP contribution in [-0.2, 0) is 16.4 Å². The molecule has 10 heteroatoms. The van der Waals surface area contributed by atoms with E-state index in [1.165, 1.54) is 34.5 Å². The van der Waals surface area contributed by atoms with Gasteiger partial charge in [-0.25, -0.2) is 22.3 Å². The molecule has 0 fully saturated rings. The lowest BCUT2D eigenvalue weighted by Gasteiger charge is -2.09. The summed E-state index contributed by atoms with van der Waals surface area (Å²) in [4.78, 5) is 4.28. The number of nitrogens with two attached hydrogens (primary N) is 1. The predicted molar refractivity (Wildman–Crippen MR) is 101 cm³/mol.